The van der Waals surface area contributed by atoms with E-state index in [2.05, 4.69) is 16.8 Å². The third kappa shape index (κ3) is 2.09. The molecule has 1 spiro atoms. The Balaban J connectivity index is 1.77. The van der Waals surface area contributed by atoms with Crippen molar-refractivity contribution in [2.24, 2.45) is 5.73 Å². The van der Waals surface area contributed by atoms with E-state index >= 15 is 0 Å². The molecule has 1 unspecified atom stereocenters. The highest BCUT2D eigenvalue weighted by molar-refractivity contribution is 7.09. The van der Waals surface area contributed by atoms with E-state index in [1.807, 2.05) is 5.51 Å². The number of rotatable bonds is 3. The molecule has 1 aromatic rings. The minimum Gasteiger partial charge on any atom is -0.372 e. The van der Waals surface area contributed by atoms with Crippen LogP contribution in [0.4, 0.5) is 0 Å². The number of nitrogens with zero attached hydrogens (tertiary/aromatic N) is 2. The lowest BCUT2D eigenvalue weighted by molar-refractivity contribution is -0.158. The Kier molecular flexibility index (Phi) is 3.40. The molecule has 1 aliphatic heterocycles. The van der Waals surface area contributed by atoms with Crippen LogP contribution in [0.1, 0.15) is 35.9 Å². The smallest absolute Gasteiger partial charge is 0.0809 e. The van der Waals surface area contributed by atoms with E-state index in [-0.39, 0.29) is 5.60 Å². The van der Waals surface area contributed by atoms with Gasteiger partial charge in [-0.2, -0.15) is 0 Å². The second-order valence-electron chi connectivity index (χ2n) is 5.41. The fraction of sp³-hybridized carbons (Fsp3) is 0.769. The summed E-state index contributed by atoms with van der Waals surface area (Å²) in [6, 6.07) is 0.318. The van der Waals surface area contributed by atoms with Crippen molar-refractivity contribution < 1.29 is 4.74 Å². The molecular weight excluding hydrogens is 246 g/mol. The molecule has 0 bridgehead atoms. The average Bonchev–Trinajstić information content (AvgIpc) is 2.75. The Morgan fingerprint density at radius 2 is 2.44 bits per heavy atom. The fourth-order valence-corrected chi connectivity index (χ4v) is 4.02. The molecule has 2 fully saturated rings. The molecule has 3 rings (SSSR count). The lowest BCUT2D eigenvalue weighted by Gasteiger charge is -2.50. The van der Waals surface area contributed by atoms with Gasteiger partial charge in [0.05, 0.1) is 29.5 Å². The largest absolute Gasteiger partial charge is 0.372 e. The molecule has 1 atom stereocenters. The molecule has 2 heterocycles. The fourth-order valence-electron chi connectivity index (χ4n) is 3.07. The van der Waals surface area contributed by atoms with Crippen molar-refractivity contribution in [2.75, 3.05) is 26.2 Å². The minimum atomic E-state index is 0.143. The topological polar surface area (TPSA) is 51.4 Å². The normalized spacial score (nSPS) is 25.0. The number of thiazole rings is 1. The quantitative estimate of drug-likeness (QED) is 0.906. The summed E-state index contributed by atoms with van der Waals surface area (Å²) in [4.78, 5) is 8.19. The maximum atomic E-state index is 6.01. The average molecular weight is 267 g/mol. The van der Waals surface area contributed by atoms with E-state index in [1.165, 1.54) is 24.1 Å². The van der Waals surface area contributed by atoms with Gasteiger partial charge in [-0.15, -0.1) is 11.3 Å². The van der Waals surface area contributed by atoms with Crippen LogP contribution in [0.25, 0.3) is 0 Å². The third-order valence-electron chi connectivity index (χ3n) is 4.29. The van der Waals surface area contributed by atoms with Gasteiger partial charge >= 0.3 is 0 Å². The maximum Gasteiger partial charge on any atom is 0.0809 e. The van der Waals surface area contributed by atoms with Gasteiger partial charge in [-0.3, -0.25) is 4.90 Å². The van der Waals surface area contributed by atoms with E-state index in [4.69, 9.17) is 10.5 Å². The van der Waals surface area contributed by atoms with Gasteiger partial charge in [-0.1, -0.05) is 0 Å². The zero-order chi connectivity index (χ0) is 12.6. The van der Waals surface area contributed by atoms with Crippen molar-refractivity contribution in [3.63, 3.8) is 0 Å². The first-order chi connectivity index (χ1) is 8.74. The van der Waals surface area contributed by atoms with Gasteiger partial charge in [-0.05, 0) is 26.2 Å². The van der Waals surface area contributed by atoms with Gasteiger partial charge in [0, 0.05) is 24.5 Å². The predicted molar refractivity (Wildman–Crippen MR) is 72.8 cm³/mol. The van der Waals surface area contributed by atoms with Gasteiger partial charge in [0.2, 0.25) is 0 Å². The van der Waals surface area contributed by atoms with Gasteiger partial charge < -0.3 is 10.5 Å². The van der Waals surface area contributed by atoms with Crippen molar-refractivity contribution in [1.29, 1.82) is 0 Å². The Bertz CT molecular complexity index is 416. The van der Waals surface area contributed by atoms with Crippen molar-refractivity contribution in [1.82, 2.24) is 9.88 Å². The van der Waals surface area contributed by atoms with Crippen molar-refractivity contribution in [2.45, 2.75) is 37.8 Å². The lowest BCUT2D eigenvalue weighted by atomic mass is 9.78. The SMILES string of the molecule is Cc1ncsc1C(CN)N1CCOC2(CCC2)C1. The van der Waals surface area contributed by atoms with Gasteiger partial charge in [0.1, 0.15) is 0 Å². The molecule has 100 valence electrons. The first-order valence-corrected chi connectivity index (χ1v) is 7.60. The van der Waals surface area contributed by atoms with Crippen LogP contribution in [0.5, 0.6) is 0 Å². The van der Waals surface area contributed by atoms with Gasteiger partial charge in [0.15, 0.2) is 0 Å². The van der Waals surface area contributed by atoms with Crippen LogP contribution in [-0.2, 0) is 4.74 Å². The summed E-state index contributed by atoms with van der Waals surface area (Å²) in [6.07, 6.45) is 3.73. The molecule has 5 heteroatoms. The minimum absolute atomic E-state index is 0.143. The van der Waals surface area contributed by atoms with E-state index in [9.17, 15) is 0 Å². The van der Waals surface area contributed by atoms with E-state index in [0.29, 0.717) is 12.6 Å². The highest BCUT2D eigenvalue weighted by atomic mass is 32.1. The summed E-state index contributed by atoms with van der Waals surface area (Å²) < 4.78 is 5.98. The molecule has 1 aliphatic carbocycles. The molecule has 1 saturated heterocycles. The van der Waals surface area contributed by atoms with E-state index < -0.39 is 0 Å². The molecule has 1 saturated carbocycles. The Morgan fingerprint density at radius 1 is 1.61 bits per heavy atom. The van der Waals surface area contributed by atoms with Crippen LogP contribution in [-0.4, -0.2) is 41.7 Å². The van der Waals surface area contributed by atoms with Gasteiger partial charge in [-0.25, -0.2) is 4.98 Å². The number of ether oxygens (including phenoxy) is 1. The number of hydrogen-bond donors (Lipinski definition) is 1. The molecule has 2 aliphatic rings. The summed E-state index contributed by atoms with van der Waals surface area (Å²) in [6.45, 7) is 5.61. The molecule has 2 N–H and O–H groups in total. The second-order valence-corrected chi connectivity index (χ2v) is 6.30. The summed E-state index contributed by atoms with van der Waals surface area (Å²) in [5.74, 6) is 0. The van der Waals surface area contributed by atoms with Crippen LogP contribution >= 0.6 is 11.3 Å². The molecule has 4 nitrogen and oxygen atoms in total. The van der Waals surface area contributed by atoms with Crippen LogP contribution in [0.3, 0.4) is 0 Å². The molecule has 18 heavy (non-hydrogen) atoms. The number of morpholine rings is 1. The third-order valence-corrected chi connectivity index (χ3v) is 5.32. The molecule has 0 aromatic carbocycles. The van der Waals surface area contributed by atoms with Crippen LogP contribution in [0.15, 0.2) is 5.51 Å². The van der Waals surface area contributed by atoms with Gasteiger partial charge in [0.25, 0.3) is 0 Å². The zero-order valence-corrected chi connectivity index (χ0v) is 11.7. The van der Waals surface area contributed by atoms with E-state index in [0.717, 1.165) is 25.4 Å². The van der Waals surface area contributed by atoms with Crippen molar-refractivity contribution >= 4 is 11.3 Å². The predicted octanol–water partition coefficient (Wildman–Crippen LogP) is 1.71. The highest BCUT2D eigenvalue weighted by Gasteiger charge is 2.43. The number of nitrogens with two attached hydrogens (primary N) is 1. The molecule has 1 aromatic heterocycles. The summed E-state index contributed by atoms with van der Waals surface area (Å²) >= 11 is 1.73. The number of hydrogen-bond acceptors (Lipinski definition) is 5. The first kappa shape index (κ1) is 12.5. The Hall–Kier alpha value is -0.490. The zero-order valence-electron chi connectivity index (χ0n) is 10.9. The summed E-state index contributed by atoms with van der Waals surface area (Å²) in [5, 5.41) is 0. The highest BCUT2D eigenvalue weighted by Crippen LogP contribution is 2.40. The summed E-state index contributed by atoms with van der Waals surface area (Å²) in [7, 11) is 0. The summed E-state index contributed by atoms with van der Waals surface area (Å²) in [5.41, 5.74) is 9.20. The molecular formula is C13H21N3OS. The monoisotopic (exact) mass is 267 g/mol. The van der Waals surface area contributed by atoms with Crippen molar-refractivity contribution in [3.8, 4) is 0 Å². The number of aryl methyl sites for hydroxylation is 1. The maximum absolute atomic E-state index is 6.01. The standard InChI is InChI=1S/C13H21N3OS/c1-10-12(18-9-15-10)11(7-14)16-5-6-17-13(8-16)3-2-4-13/h9,11H,2-8,14H2,1H3. The van der Waals surface area contributed by atoms with E-state index in [1.54, 1.807) is 11.3 Å². The molecule has 0 radical (unpaired) electrons. The van der Waals surface area contributed by atoms with Crippen LogP contribution in [0, 0.1) is 6.92 Å². The molecule has 0 amide bonds. The van der Waals surface area contributed by atoms with Crippen molar-refractivity contribution in [3.05, 3.63) is 16.1 Å². The first-order valence-electron chi connectivity index (χ1n) is 6.72. The Morgan fingerprint density at radius 3 is 3.00 bits per heavy atom. The Labute approximate surface area is 112 Å². The van der Waals surface area contributed by atoms with Crippen LogP contribution < -0.4 is 5.73 Å². The number of aromatic nitrogens is 1. The second kappa shape index (κ2) is 4.89. The lowest BCUT2D eigenvalue weighted by Crippen LogP contribution is -2.57. The van der Waals surface area contributed by atoms with Crippen LogP contribution in [0.2, 0.25) is 0 Å².